The number of rotatable bonds is 8. The highest BCUT2D eigenvalue weighted by atomic mass is 127. The van der Waals surface area contributed by atoms with E-state index < -0.39 is 6.61 Å². The highest BCUT2D eigenvalue weighted by Gasteiger charge is 2.26. The van der Waals surface area contributed by atoms with Gasteiger partial charge in [-0.3, -0.25) is 4.99 Å². The van der Waals surface area contributed by atoms with E-state index in [0.29, 0.717) is 11.6 Å². The average molecular weight is 537 g/mol. The van der Waals surface area contributed by atoms with Crippen molar-refractivity contribution >= 4 is 35.6 Å². The summed E-state index contributed by atoms with van der Waals surface area (Å²) in [6.45, 7) is 7.98. The Balaban J connectivity index is 0.00000320. The normalized spacial score (nSPS) is 22.3. The van der Waals surface area contributed by atoms with Gasteiger partial charge in [-0.25, -0.2) is 0 Å². The Morgan fingerprint density at radius 1 is 1.20 bits per heavy atom. The maximum absolute atomic E-state index is 12.7. The Morgan fingerprint density at radius 2 is 2.00 bits per heavy atom. The SMILES string of the molecule is CCNC(=NCC1CCN(CC)C1)NC1CCN(c2ccccc2OC(F)F)C1.I. The van der Waals surface area contributed by atoms with Crippen molar-refractivity contribution in [2.24, 2.45) is 10.9 Å². The van der Waals surface area contributed by atoms with Crippen LogP contribution in [0.4, 0.5) is 14.5 Å². The van der Waals surface area contributed by atoms with Gasteiger partial charge in [0.2, 0.25) is 0 Å². The first-order valence-corrected chi connectivity index (χ1v) is 10.6. The number of nitrogens with zero attached hydrogens (tertiary/aromatic N) is 3. The molecular weight excluding hydrogens is 503 g/mol. The van der Waals surface area contributed by atoms with Crippen LogP contribution in [0.25, 0.3) is 0 Å². The summed E-state index contributed by atoms with van der Waals surface area (Å²) in [6, 6.07) is 7.20. The molecular formula is C21H34F2IN5O. The third-order valence-corrected chi connectivity index (χ3v) is 5.62. The lowest BCUT2D eigenvalue weighted by molar-refractivity contribution is -0.0495. The first kappa shape index (κ1) is 24.9. The first-order valence-electron chi connectivity index (χ1n) is 10.6. The number of para-hydroxylation sites is 2. The number of halogens is 3. The van der Waals surface area contributed by atoms with Crippen LogP contribution >= 0.6 is 24.0 Å². The third kappa shape index (κ3) is 7.11. The minimum absolute atomic E-state index is 0. The van der Waals surface area contributed by atoms with E-state index in [2.05, 4.69) is 34.3 Å². The van der Waals surface area contributed by atoms with Crippen molar-refractivity contribution in [3.63, 3.8) is 0 Å². The second kappa shape index (κ2) is 12.5. The number of hydrogen-bond acceptors (Lipinski definition) is 4. The molecule has 0 aliphatic carbocycles. The molecule has 2 aliphatic heterocycles. The molecule has 6 nitrogen and oxygen atoms in total. The summed E-state index contributed by atoms with van der Waals surface area (Å²) >= 11 is 0. The number of guanidine groups is 1. The minimum Gasteiger partial charge on any atom is -0.433 e. The number of likely N-dealkylation sites (tertiary alicyclic amines) is 1. The predicted octanol–water partition coefficient (Wildman–Crippen LogP) is 3.38. The molecule has 0 spiro atoms. The zero-order valence-corrected chi connectivity index (χ0v) is 20.1. The molecule has 2 N–H and O–H groups in total. The fourth-order valence-electron chi connectivity index (χ4n) is 4.09. The zero-order chi connectivity index (χ0) is 20.6. The van der Waals surface area contributed by atoms with Crippen molar-refractivity contribution in [1.29, 1.82) is 0 Å². The number of alkyl halides is 2. The molecule has 2 heterocycles. The highest BCUT2D eigenvalue weighted by molar-refractivity contribution is 14.0. The summed E-state index contributed by atoms with van der Waals surface area (Å²) in [5.74, 6) is 1.68. The van der Waals surface area contributed by atoms with Gasteiger partial charge in [-0.05, 0) is 50.9 Å². The molecule has 0 saturated carbocycles. The van der Waals surface area contributed by atoms with E-state index in [-0.39, 0.29) is 35.8 Å². The maximum Gasteiger partial charge on any atom is 0.387 e. The highest BCUT2D eigenvalue weighted by Crippen LogP contribution is 2.31. The van der Waals surface area contributed by atoms with E-state index in [4.69, 9.17) is 9.73 Å². The van der Waals surface area contributed by atoms with Gasteiger partial charge in [0.25, 0.3) is 0 Å². The van der Waals surface area contributed by atoms with Gasteiger partial charge >= 0.3 is 6.61 Å². The van der Waals surface area contributed by atoms with Crippen LogP contribution in [0.5, 0.6) is 5.75 Å². The van der Waals surface area contributed by atoms with Gasteiger partial charge in [0.05, 0.1) is 5.69 Å². The van der Waals surface area contributed by atoms with E-state index in [0.717, 1.165) is 51.6 Å². The third-order valence-electron chi connectivity index (χ3n) is 5.62. The number of aliphatic imine (C=N–C) groups is 1. The standard InChI is InChI=1S/C21H33F2N5O.HI/c1-3-24-21(25-13-16-9-11-27(4-2)14-16)26-17-10-12-28(15-17)18-7-5-6-8-19(18)29-20(22)23;/h5-8,16-17,20H,3-4,9-15H2,1-2H3,(H2,24,25,26);1H. The number of nitrogens with one attached hydrogen (secondary N) is 2. The lowest BCUT2D eigenvalue weighted by Crippen LogP contribution is -2.45. The quantitative estimate of drug-likeness (QED) is 0.303. The van der Waals surface area contributed by atoms with Crippen LogP contribution in [0.2, 0.25) is 0 Å². The summed E-state index contributed by atoms with van der Waals surface area (Å²) in [6.07, 6.45) is 2.12. The Labute approximate surface area is 195 Å². The summed E-state index contributed by atoms with van der Waals surface area (Å²) in [4.78, 5) is 9.37. The van der Waals surface area contributed by atoms with Crippen LogP contribution in [0.15, 0.2) is 29.3 Å². The lowest BCUT2D eigenvalue weighted by atomic mass is 10.1. The molecule has 2 fully saturated rings. The largest absolute Gasteiger partial charge is 0.433 e. The minimum atomic E-state index is -2.82. The van der Waals surface area contributed by atoms with Crippen LogP contribution in [0.3, 0.4) is 0 Å². The molecule has 2 aliphatic rings. The smallest absolute Gasteiger partial charge is 0.387 e. The van der Waals surface area contributed by atoms with Crippen molar-refractivity contribution in [3.8, 4) is 5.75 Å². The summed E-state index contributed by atoms with van der Waals surface area (Å²) in [5, 5.41) is 6.85. The van der Waals surface area contributed by atoms with Gasteiger partial charge in [0.15, 0.2) is 5.96 Å². The van der Waals surface area contributed by atoms with Crippen molar-refractivity contribution in [1.82, 2.24) is 15.5 Å². The molecule has 0 radical (unpaired) electrons. The van der Waals surface area contributed by atoms with Crippen LogP contribution < -0.4 is 20.3 Å². The fraction of sp³-hybridized carbons (Fsp3) is 0.667. The summed E-state index contributed by atoms with van der Waals surface area (Å²) < 4.78 is 30.1. The van der Waals surface area contributed by atoms with E-state index in [1.807, 2.05) is 12.1 Å². The molecule has 2 unspecified atom stereocenters. The number of benzene rings is 1. The fourth-order valence-corrected chi connectivity index (χ4v) is 4.09. The second-order valence-electron chi connectivity index (χ2n) is 7.69. The van der Waals surface area contributed by atoms with E-state index >= 15 is 0 Å². The number of anilines is 1. The van der Waals surface area contributed by atoms with Gasteiger partial charge in [0, 0.05) is 38.8 Å². The van der Waals surface area contributed by atoms with Gasteiger partial charge in [-0.15, -0.1) is 24.0 Å². The van der Waals surface area contributed by atoms with Crippen molar-refractivity contribution in [3.05, 3.63) is 24.3 Å². The van der Waals surface area contributed by atoms with Crippen molar-refractivity contribution in [2.75, 3.05) is 50.7 Å². The molecule has 30 heavy (non-hydrogen) atoms. The number of ether oxygens (including phenoxy) is 1. The molecule has 1 aromatic rings. The lowest BCUT2D eigenvalue weighted by Gasteiger charge is -2.22. The molecule has 2 saturated heterocycles. The van der Waals surface area contributed by atoms with Gasteiger partial charge in [0.1, 0.15) is 5.75 Å². The first-order chi connectivity index (χ1) is 14.1. The molecule has 3 rings (SSSR count). The second-order valence-corrected chi connectivity index (χ2v) is 7.69. The van der Waals surface area contributed by atoms with Gasteiger partial charge < -0.3 is 25.2 Å². The van der Waals surface area contributed by atoms with Crippen LogP contribution in [0.1, 0.15) is 26.7 Å². The molecule has 0 amide bonds. The molecule has 2 atom stereocenters. The van der Waals surface area contributed by atoms with Crippen molar-refractivity contribution < 1.29 is 13.5 Å². The molecule has 9 heteroatoms. The maximum atomic E-state index is 12.7. The van der Waals surface area contributed by atoms with Crippen LogP contribution in [-0.4, -0.2) is 69.3 Å². The van der Waals surface area contributed by atoms with Gasteiger partial charge in [-0.1, -0.05) is 19.1 Å². The summed E-state index contributed by atoms with van der Waals surface area (Å²) in [5.41, 5.74) is 0.713. The Hall–Kier alpha value is -1.36. The predicted molar refractivity (Wildman–Crippen MR) is 128 cm³/mol. The molecule has 0 bridgehead atoms. The zero-order valence-electron chi connectivity index (χ0n) is 17.8. The van der Waals surface area contributed by atoms with Crippen LogP contribution in [-0.2, 0) is 0 Å². The average Bonchev–Trinajstić information content (AvgIpc) is 3.35. The molecule has 1 aromatic carbocycles. The van der Waals surface area contributed by atoms with Gasteiger partial charge in [-0.2, -0.15) is 8.78 Å². The number of hydrogen-bond donors (Lipinski definition) is 2. The van der Waals surface area contributed by atoms with Crippen molar-refractivity contribution in [2.45, 2.75) is 39.3 Å². The van der Waals surface area contributed by atoms with Crippen LogP contribution in [0, 0.1) is 5.92 Å². The molecule has 170 valence electrons. The Bertz CT molecular complexity index is 679. The monoisotopic (exact) mass is 537 g/mol. The van der Waals surface area contributed by atoms with E-state index in [1.165, 1.54) is 13.0 Å². The van der Waals surface area contributed by atoms with E-state index in [1.54, 1.807) is 12.1 Å². The topological polar surface area (TPSA) is 52.1 Å². The molecule has 0 aromatic heterocycles. The Kier molecular flexibility index (Phi) is 10.4. The summed E-state index contributed by atoms with van der Waals surface area (Å²) in [7, 11) is 0. The van der Waals surface area contributed by atoms with E-state index in [9.17, 15) is 8.78 Å². The Morgan fingerprint density at radius 3 is 2.70 bits per heavy atom.